The zero-order valence-electron chi connectivity index (χ0n) is 21.0. The van der Waals surface area contributed by atoms with E-state index >= 15 is 0 Å². The number of halogens is 1. The number of nitrogens with zero attached hydrogens (tertiary/aromatic N) is 1. The molecule has 0 bridgehead atoms. The highest BCUT2D eigenvalue weighted by atomic mass is 79.9. The average Bonchev–Trinajstić information content (AvgIpc) is 3.54. The molecule has 8 aromatic rings. The second-order valence-electron chi connectivity index (χ2n) is 10.0. The van der Waals surface area contributed by atoms with Crippen LogP contribution in [0.3, 0.4) is 0 Å². The van der Waals surface area contributed by atoms with Crippen LogP contribution in [0.5, 0.6) is 0 Å². The first-order chi connectivity index (χ1) is 19.3. The number of para-hydroxylation sites is 1. The first-order valence-electron chi connectivity index (χ1n) is 13.1. The van der Waals surface area contributed by atoms with Crippen LogP contribution in [0.15, 0.2) is 138 Å². The van der Waals surface area contributed by atoms with Crippen molar-refractivity contribution < 1.29 is 0 Å². The van der Waals surface area contributed by atoms with Crippen molar-refractivity contribution in [3.63, 3.8) is 0 Å². The molecule has 2 aromatic heterocycles. The third-order valence-electron chi connectivity index (χ3n) is 7.80. The summed E-state index contributed by atoms with van der Waals surface area (Å²) in [5.41, 5.74) is 10.8. The lowest BCUT2D eigenvalue weighted by Crippen LogP contribution is -1.93. The summed E-state index contributed by atoms with van der Waals surface area (Å²) in [5.74, 6) is 0. The molecule has 0 saturated heterocycles. The second kappa shape index (κ2) is 8.72. The van der Waals surface area contributed by atoms with Gasteiger partial charge in [-0.25, -0.2) is 0 Å². The number of aromatic amines is 1. The van der Waals surface area contributed by atoms with Gasteiger partial charge in [0.15, 0.2) is 0 Å². The van der Waals surface area contributed by atoms with Crippen LogP contribution in [-0.2, 0) is 0 Å². The monoisotopic (exact) mass is 562 g/mol. The normalized spacial score (nSPS) is 11.7. The zero-order valence-corrected chi connectivity index (χ0v) is 22.6. The van der Waals surface area contributed by atoms with Crippen LogP contribution in [0.4, 0.5) is 0 Å². The van der Waals surface area contributed by atoms with Gasteiger partial charge in [0.1, 0.15) is 0 Å². The summed E-state index contributed by atoms with van der Waals surface area (Å²) in [6, 6.07) is 47.9. The molecular weight excluding hydrogens is 540 g/mol. The molecule has 39 heavy (non-hydrogen) atoms. The minimum atomic E-state index is 1.10. The van der Waals surface area contributed by atoms with Crippen LogP contribution in [0.2, 0.25) is 0 Å². The second-order valence-corrected chi connectivity index (χ2v) is 10.9. The number of rotatable bonds is 3. The van der Waals surface area contributed by atoms with Crippen LogP contribution in [0, 0.1) is 0 Å². The highest BCUT2D eigenvalue weighted by molar-refractivity contribution is 9.10. The van der Waals surface area contributed by atoms with E-state index in [1.165, 1.54) is 60.5 Å². The van der Waals surface area contributed by atoms with Gasteiger partial charge in [-0.1, -0.05) is 94.8 Å². The van der Waals surface area contributed by atoms with Crippen molar-refractivity contribution in [2.24, 2.45) is 0 Å². The van der Waals surface area contributed by atoms with Crippen LogP contribution in [0.25, 0.3) is 71.6 Å². The Kier molecular flexibility index (Phi) is 5.01. The Morgan fingerprint density at radius 3 is 1.85 bits per heavy atom. The largest absolute Gasteiger partial charge is 0.354 e. The number of hydrogen-bond donors (Lipinski definition) is 1. The van der Waals surface area contributed by atoms with Crippen molar-refractivity contribution >= 4 is 59.5 Å². The van der Waals surface area contributed by atoms with Gasteiger partial charge < -0.3 is 9.55 Å². The van der Waals surface area contributed by atoms with Gasteiger partial charge in [-0.3, -0.25) is 0 Å². The highest BCUT2D eigenvalue weighted by Crippen LogP contribution is 2.41. The average molecular weight is 563 g/mol. The molecule has 0 saturated carbocycles. The van der Waals surface area contributed by atoms with E-state index in [1.54, 1.807) is 0 Å². The van der Waals surface area contributed by atoms with Crippen molar-refractivity contribution in [3.05, 3.63) is 138 Å². The van der Waals surface area contributed by atoms with Gasteiger partial charge in [0.2, 0.25) is 0 Å². The molecule has 0 radical (unpaired) electrons. The summed E-state index contributed by atoms with van der Waals surface area (Å²) in [6.45, 7) is 0. The smallest absolute Gasteiger partial charge is 0.0541 e. The number of hydrogen-bond acceptors (Lipinski definition) is 0. The maximum atomic E-state index is 3.81. The Morgan fingerprint density at radius 1 is 0.487 bits per heavy atom. The molecule has 3 heteroatoms. The zero-order chi connectivity index (χ0) is 25.9. The molecule has 0 aliphatic carbocycles. The molecule has 0 aliphatic rings. The number of aromatic nitrogens is 2. The standard InChI is InChI=1S/C36H23BrN2/c37-30-14-8-16-32-36(30)35-27(13-7-15-31(35)38-32)25-18-20-34-29(22-25)28-21-24(23-9-3-1-4-10-23)17-19-33(28)39(34)26-11-5-2-6-12-26/h1-22,38H. The number of nitrogens with one attached hydrogen (secondary N) is 1. The summed E-state index contributed by atoms with van der Waals surface area (Å²) >= 11 is 3.81. The summed E-state index contributed by atoms with van der Waals surface area (Å²) in [7, 11) is 0. The number of H-pyrrole nitrogens is 1. The summed E-state index contributed by atoms with van der Waals surface area (Å²) < 4.78 is 3.49. The molecule has 8 rings (SSSR count). The number of fused-ring (bicyclic) bond motifs is 6. The lowest BCUT2D eigenvalue weighted by atomic mass is 9.97. The van der Waals surface area contributed by atoms with Crippen LogP contribution >= 0.6 is 15.9 Å². The fourth-order valence-corrected chi connectivity index (χ4v) is 6.61. The van der Waals surface area contributed by atoms with Gasteiger partial charge in [0, 0.05) is 42.7 Å². The van der Waals surface area contributed by atoms with Gasteiger partial charge in [0.25, 0.3) is 0 Å². The third kappa shape index (κ3) is 3.47. The van der Waals surface area contributed by atoms with Crippen molar-refractivity contribution in [2.75, 3.05) is 0 Å². The van der Waals surface area contributed by atoms with Crippen molar-refractivity contribution in [3.8, 4) is 27.9 Å². The summed E-state index contributed by atoms with van der Waals surface area (Å²) in [6.07, 6.45) is 0. The predicted molar refractivity (Wildman–Crippen MR) is 169 cm³/mol. The fraction of sp³-hybridized carbons (Fsp3) is 0. The molecule has 0 spiro atoms. The van der Waals surface area contributed by atoms with Crippen molar-refractivity contribution in [1.29, 1.82) is 0 Å². The minimum absolute atomic E-state index is 1.10. The molecule has 2 heterocycles. The maximum absolute atomic E-state index is 3.81. The van der Waals surface area contributed by atoms with Gasteiger partial charge in [0.05, 0.1) is 11.0 Å². The fourth-order valence-electron chi connectivity index (χ4n) is 6.05. The van der Waals surface area contributed by atoms with Crippen LogP contribution in [0.1, 0.15) is 0 Å². The number of benzene rings is 6. The van der Waals surface area contributed by atoms with Crippen LogP contribution in [-0.4, -0.2) is 9.55 Å². The molecule has 0 atom stereocenters. The third-order valence-corrected chi connectivity index (χ3v) is 8.46. The molecule has 0 aliphatic heterocycles. The van der Waals surface area contributed by atoms with E-state index in [0.717, 1.165) is 15.5 Å². The van der Waals surface area contributed by atoms with Gasteiger partial charge in [-0.2, -0.15) is 0 Å². The molecular formula is C36H23BrN2. The Morgan fingerprint density at radius 2 is 1.10 bits per heavy atom. The van der Waals surface area contributed by atoms with E-state index in [-0.39, 0.29) is 0 Å². The van der Waals surface area contributed by atoms with E-state index in [0.29, 0.717) is 0 Å². The van der Waals surface area contributed by atoms with E-state index < -0.39 is 0 Å². The Bertz CT molecular complexity index is 2170. The Balaban J connectivity index is 1.45. The SMILES string of the molecule is Brc1cccc2[nH]c3cccc(-c4ccc5c(c4)c4cc(-c6ccccc6)ccc4n5-c4ccccc4)c3c12. The quantitative estimate of drug-likeness (QED) is 0.221. The molecule has 0 amide bonds. The first-order valence-corrected chi connectivity index (χ1v) is 13.9. The van der Waals surface area contributed by atoms with Gasteiger partial charge >= 0.3 is 0 Å². The van der Waals surface area contributed by atoms with Gasteiger partial charge in [-0.05, 0) is 76.9 Å². The predicted octanol–water partition coefficient (Wildman–Crippen LogP) is 10.5. The minimum Gasteiger partial charge on any atom is -0.354 e. The Labute approximate surface area is 234 Å². The highest BCUT2D eigenvalue weighted by Gasteiger charge is 2.17. The van der Waals surface area contributed by atoms with Crippen LogP contribution < -0.4 is 0 Å². The molecule has 1 N–H and O–H groups in total. The van der Waals surface area contributed by atoms with Crippen molar-refractivity contribution in [1.82, 2.24) is 9.55 Å². The van der Waals surface area contributed by atoms with Crippen molar-refractivity contribution in [2.45, 2.75) is 0 Å². The molecule has 6 aromatic carbocycles. The lowest BCUT2D eigenvalue weighted by molar-refractivity contribution is 1.18. The molecule has 0 unspecified atom stereocenters. The Hall–Kier alpha value is -4.60. The lowest BCUT2D eigenvalue weighted by Gasteiger charge is -2.09. The van der Waals surface area contributed by atoms with E-state index in [4.69, 9.17) is 0 Å². The van der Waals surface area contributed by atoms with E-state index in [1.807, 2.05) is 0 Å². The maximum Gasteiger partial charge on any atom is 0.0541 e. The molecule has 184 valence electrons. The molecule has 0 fully saturated rings. The van der Waals surface area contributed by atoms with E-state index in [9.17, 15) is 0 Å². The van der Waals surface area contributed by atoms with E-state index in [2.05, 4.69) is 159 Å². The first kappa shape index (κ1) is 22.4. The summed E-state index contributed by atoms with van der Waals surface area (Å²) in [5, 5.41) is 4.97. The molecule has 2 nitrogen and oxygen atoms in total. The topological polar surface area (TPSA) is 20.7 Å². The van der Waals surface area contributed by atoms with Gasteiger partial charge in [-0.15, -0.1) is 0 Å². The summed E-state index contributed by atoms with van der Waals surface area (Å²) in [4.78, 5) is 3.61.